The highest BCUT2D eigenvalue weighted by molar-refractivity contribution is 5.27. The molecule has 0 saturated carbocycles. The first-order chi connectivity index (χ1) is 6.06. The molecule has 1 atom stereocenters. The zero-order chi connectivity index (χ0) is 10.0. The fourth-order valence-corrected chi connectivity index (χ4v) is 1.21. The lowest BCUT2D eigenvalue weighted by molar-refractivity contribution is 0.495. The van der Waals surface area contributed by atoms with Crippen LogP contribution in [0.4, 0.5) is 8.78 Å². The summed E-state index contributed by atoms with van der Waals surface area (Å²) in [6.07, 6.45) is 0. The molecular formula is C9H12F2N2. The van der Waals surface area contributed by atoms with Gasteiger partial charge in [0, 0.05) is 11.6 Å². The number of rotatable bonds is 2. The second-order valence-corrected chi connectivity index (χ2v) is 3.03. The molecule has 0 saturated heterocycles. The number of aryl methyl sites for hydroxylation is 1. The Morgan fingerprint density at radius 1 is 1.31 bits per heavy atom. The summed E-state index contributed by atoms with van der Waals surface area (Å²) in [6.45, 7) is 3.23. The van der Waals surface area contributed by atoms with E-state index in [0.717, 1.165) is 0 Å². The van der Waals surface area contributed by atoms with Crippen molar-refractivity contribution in [2.75, 3.05) is 0 Å². The molecule has 0 amide bonds. The SMILES string of the molecule is Cc1cc(F)c(C(C)NN)c(F)c1. The van der Waals surface area contributed by atoms with Gasteiger partial charge in [-0.25, -0.2) is 8.78 Å². The quantitative estimate of drug-likeness (QED) is 0.546. The van der Waals surface area contributed by atoms with Gasteiger partial charge in [0.15, 0.2) is 0 Å². The van der Waals surface area contributed by atoms with Crippen LogP contribution in [0.5, 0.6) is 0 Å². The van der Waals surface area contributed by atoms with Crippen molar-refractivity contribution in [2.24, 2.45) is 5.84 Å². The van der Waals surface area contributed by atoms with E-state index in [1.165, 1.54) is 12.1 Å². The van der Waals surface area contributed by atoms with Crippen LogP contribution in [0.2, 0.25) is 0 Å². The summed E-state index contributed by atoms with van der Waals surface area (Å²) in [7, 11) is 0. The molecule has 0 bridgehead atoms. The maximum atomic E-state index is 13.2. The number of hydrazine groups is 1. The molecule has 0 spiro atoms. The van der Waals surface area contributed by atoms with Gasteiger partial charge in [-0.05, 0) is 31.5 Å². The second kappa shape index (κ2) is 3.81. The third kappa shape index (κ3) is 2.02. The Balaban J connectivity index is 3.20. The minimum absolute atomic E-state index is 0.0203. The molecule has 0 heterocycles. The fourth-order valence-electron chi connectivity index (χ4n) is 1.21. The van der Waals surface area contributed by atoms with Gasteiger partial charge in [-0.15, -0.1) is 0 Å². The Morgan fingerprint density at radius 2 is 1.77 bits per heavy atom. The Morgan fingerprint density at radius 3 is 2.15 bits per heavy atom. The summed E-state index contributed by atoms with van der Waals surface area (Å²) in [6, 6.07) is 2.04. The zero-order valence-corrected chi connectivity index (χ0v) is 7.57. The first-order valence-corrected chi connectivity index (χ1v) is 3.98. The van der Waals surface area contributed by atoms with Crippen LogP contribution in [0.1, 0.15) is 24.1 Å². The lowest BCUT2D eigenvalue weighted by atomic mass is 10.1. The van der Waals surface area contributed by atoms with Gasteiger partial charge in [-0.3, -0.25) is 11.3 Å². The molecule has 2 nitrogen and oxygen atoms in total. The van der Waals surface area contributed by atoms with Gasteiger partial charge >= 0.3 is 0 Å². The maximum absolute atomic E-state index is 13.2. The van der Waals surface area contributed by atoms with E-state index in [1.54, 1.807) is 13.8 Å². The van der Waals surface area contributed by atoms with Crippen LogP contribution in [0.25, 0.3) is 0 Å². The molecule has 0 aliphatic rings. The van der Waals surface area contributed by atoms with Crippen LogP contribution in [-0.2, 0) is 0 Å². The highest BCUT2D eigenvalue weighted by atomic mass is 19.1. The third-order valence-corrected chi connectivity index (χ3v) is 1.91. The van der Waals surface area contributed by atoms with E-state index in [4.69, 9.17) is 5.84 Å². The summed E-state index contributed by atoms with van der Waals surface area (Å²) in [5.41, 5.74) is 2.84. The average molecular weight is 186 g/mol. The van der Waals surface area contributed by atoms with Gasteiger partial charge in [0.2, 0.25) is 0 Å². The van der Waals surface area contributed by atoms with Gasteiger partial charge in [0.1, 0.15) is 11.6 Å². The number of benzene rings is 1. The van der Waals surface area contributed by atoms with Gasteiger partial charge in [-0.1, -0.05) is 0 Å². The molecule has 1 unspecified atom stereocenters. The van der Waals surface area contributed by atoms with E-state index < -0.39 is 17.7 Å². The van der Waals surface area contributed by atoms with Crippen LogP contribution < -0.4 is 11.3 Å². The number of halogens is 2. The van der Waals surface area contributed by atoms with Crippen molar-refractivity contribution in [3.8, 4) is 0 Å². The molecule has 0 radical (unpaired) electrons. The molecule has 0 fully saturated rings. The highest BCUT2D eigenvalue weighted by Gasteiger charge is 2.15. The van der Waals surface area contributed by atoms with Crippen LogP contribution in [0.3, 0.4) is 0 Å². The van der Waals surface area contributed by atoms with E-state index in [9.17, 15) is 8.78 Å². The van der Waals surface area contributed by atoms with Crippen LogP contribution in [0, 0.1) is 18.6 Å². The summed E-state index contributed by atoms with van der Waals surface area (Å²) in [5.74, 6) is 3.96. The zero-order valence-electron chi connectivity index (χ0n) is 7.57. The maximum Gasteiger partial charge on any atom is 0.131 e. The van der Waals surface area contributed by atoms with E-state index >= 15 is 0 Å². The fraction of sp³-hybridized carbons (Fsp3) is 0.333. The molecule has 1 aromatic rings. The predicted octanol–water partition coefficient (Wildman–Crippen LogP) is 1.80. The molecule has 72 valence electrons. The standard InChI is InChI=1S/C9H12F2N2/c1-5-3-7(10)9(6(2)13-12)8(11)4-5/h3-4,6,13H,12H2,1-2H3. The Bertz CT molecular complexity index is 289. The third-order valence-electron chi connectivity index (χ3n) is 1.91. The Labute approximate surface area is 75.7 Å². The first kappa shape index (κ1) is 10.1. The Kier molecular flexibility index (Phi) is 2.95. The van der Waals surface area contributed by atoms with Crippen LogP contribution in [-0.4, -0.2) is 0 Å². The molecule has 0 aliphatic heterocycles. The molecular weight excluding hydrogens is 174 g/mol. The smallest absolute Gasteiger partial charge is 0.131 e. The monoisotopic (exact) mass is 186 g/mol. The van der Waals surface area contributed by atoms with Gasteiger partial charge in [-0.2, -0.15) is 0 Å². The average Bonchev–Trinajstić information content (AvgIpc) is 2.02. The van der Waals surface area contributed by atoms with Crippen molar-refractivity contribution < 1.29 is 8.78 Å². The van der Waals surface area contributed by atoms with Crippen molar-refractivity contribution in [3.05, 3.63) is 34.9 Å². The molecule has 13 heavy (non-hydrogen) atoms. The van der Waals surface area contributed by atoms with Gasteiger partial charge in [0.25, 0.3) is 0 Å². The van der Waals surface area contributed by atoms with E-state index in [0.29, 0.717) is 5.56 Å². The van der Waals surface area contributed by atoms with Crippen molar-refractivity contribution in [1.29, 1.82) is 0 Å². The van der Waals surface area contributed by atoms with Crippen molar-refractivity contribution in [3.63, 3.8) is 0 Å². The van der Waals surface area contributed by atoms with Crippen molar-refractivity contribution in [2.45, 2.75) is 19.9 Å². The molecule has 0 aliphatic carbocycles. The predicted molar refractivity (Wildman–Crippen MR) is 46.8 cm³/mol. The number of nitrogens with one attached hydrogen (secondary N) is 1. The van der Waals surface area contributed by atoms with Gasteiger partial charge in [0.05, 0.1) is 0 Å². The normalized spacial score (nSPS) is 13.0. The van der Waals surface area contributed by atoms with Crippen molar-refractivity contribution >= 4 is 0 Å². The number of hydrogen-bond acceptors (Lipinski definition) is 2. The van der Waals surface area contributed by atoms with Gasteiger partial charge < -0.3 is 0 Å². The van der Waals surface area contributed by atoms with Crippen LogP contribution >= 0.6 is 0 Å². The van der Waals surface area contributed by atoms with E-state index in [1.807, 2.05) is 0 Å². The molecule has 1 aromatic carbocycles. The number of hydrogen-bond donors (Lipinski definition) is 2. The molecule has 3 N–H and O–H groups in total. The first-order valence-electron chi connectivity index (χ1n) is 3.98. The summed E-state index contributed by atoms with van der Waals surface area (Å²) in [5, 5.41) is 0. The second-order valence-electron chi connectivity index (χ2n) is 3.03. The lowest BCUT2D eigenvalue weighted by Gasteiger charge is -2.12. The van der Waals surface area contributed by atoms with Crippen molar-refractivity contribution in [1.82, 2.24) is 5.43 Å². The Hall–Kier alpha value is -1.00. The summed E-state index contributed by atoms with van der Waals surface area (Å²) < 4.78 is 26.4. The minimum Gasteiger partial charge on any atom is -0.271 e. The van der Waals surface area contributed by atoms with E-state index in [-0.39, 0.29) is 5.56 Å². The molecule has 4 heteroatoms. The van der Waals surface area contributed by atoms with E-state index in [2.05, 4.69) is 5.43 Å². The largest absolute Gasteiger partial charge is 0.271 e. The lowest BCUT2D eigenvalue weighted by Crippen LogP contribution is -2.27. The minimum atomic E-state index is -0.567. The highest BCUT2D eigenvalue weighted by Crippen LogP contribution is 2.21. The summed E-state index contributed by atoms with van der Waals surface area (Å²) >= 11 is 0. The van der Waals surface area contributed by atoms with Crippen LogP contribution in [0.15, 0.2) is 12.1 Å². The topological polar surface area (TPSA) is 38.0 Å². The number of nitrogens with two attached hydrogens (primary N) is 1. The molecule has 1 rings (SSSR count). The summed E-state index contributed by atoms with van der Waals surface area (Å²) in [4.78, 5) is 0. The molecule has 0 aromatic heterocycles.